The van der Waals surface area contributed by atoms with Crippen LogP contribution < -0.4 is 5.32 Å². The number of nitrogens with zero attached hydrogens (tertiary/aromatic N) is 1. The van der Waals surface area contributed by atoms with Crippen LogP contribution in [-0.2, 0) is 10.0 Å². The van der Waals surface area contributed by atoms with E-state index in [0.717, 1.165) is 25.7 Å². The highest BCUT2D eigenvalue weighted by Crippen LogP contribution is 2.25. The average Bonchev–Trinajstić information content (AvgIpc) is 2.82. The van der Waals surface area contributed by atoms with Gasteiger partial charge in [-0.2, -0.15) is 4.31 Å². The summed E-state index contributed by atoms with van der Waals surface area (Å²) < 4.78 is 26.9. The van der Waals surface area contributed by atoms with Crippen LogP contribution in [0.1, 0.15) is 48.9 Å². The summed E-state index contributed by atoms with van der Waals surface area (Å²) in [4.78, 5) is 11.8. The van der Waals surface area contributed by atoms with Gasteiger partial charge in [-0.05, 0) is 37.1 Å². The number of benzene rings is 1. The predicted octanol–water partition coefficient (Wildman–Crippen LogP) is 2.39. The summed E-state index contributed by atoms with van der Waals surface area (Å²) in [7, 11) is -0.289. The fourth-order valence-corrected chi connectivity index (χ4v) is 4.32. The zero-order valence-corrected chi connectivity index (χ0v) is 14.0. The first-order chi connectivity index (χ1) is 10.5. The molecule has 1 fully saturated rings. The maximum Gasteiger partial charge on any atom is 0.251 e. The normalized spacial score (nSPS) is 17.2. The number of hydrogen-bond acceptors (Lipinski definition) is 3. The van der Waals surface area contributed by atoms with Gasteiger partial charge in [0.25, 0.3) is 5.91 Å². The maximum atomic E-state index is 12.7. The highest BCUT2D eigenvalue weighted by Gasteiger charge is 2.28. The van der Waals surface area contributed by atoms with E-state index in [1.165, 1.54) is 29.3 Å². The molecule has 1 aliphatic rings. The SMILES string of the molecule is CNC(=O)c1ccc(S(=O)(=O)N(C)C2CCCCCC2)cc1. The second-order valence-electron chi connectivity index (χ2n) is 5.77. The Balaban J connectivity index is 2.19. The molecule has 0 saturated heterocycles. The topological polar surface area (TPSA) is 66.5 Å². The van der Waals surface area contributed by atoms with Crippen LogP contribution >= 0.6 is 0 Å². The van der Waals surface area contributed by atoms with Gasteiger partial charge in [0.1, 0.15) is 0 Å². The van der Waals surface area contributed by atoms with Crippen molar-refractivity contribution in [2.24, 2.45) is 0 Å². The number of rotatable bonds is 4. The molecule has 6 heteroatoms. The Morgan fingerprint density at radius 2 is 1.64 bits per heavy atom. The molecule has 1 aromatic carbocycles. The number of hydrogen-bond donors (Lipinski definition) is 1. The van der Waals surface area contributed by atoms with Crippen molar-refractivity contribution in [2.75, 3.05) is 14.1 Å². The summed E-state index contributed by atoms with van der Waals surface area (Å²) in [5.41, 5.74) is 0.457. The molecule has 0 spiro atoms. The number of nitrogens with one attached hydrogen (secondary N) is 1. The standard InChI is InChI=1S/C16H24N2O3S/c1-17-16(19)13-9-11-15(12-10-13)22(20,21)18(2)14-7-5-3-4-6-8-14/h9-12,14H,3-8H2,1-2H3,(H,17,19). The monoisotopic (exact) mass is 324 g/mol. The van der Waals surface area contributed by atoms with Crippen LogP contribution in [0.15, 0.2) is 29.2 Å². The molecule has 1 amide bonds. The molecule has 0 bridgehead atoms. The Bertz CT molecular complexity index is 603. The first-order valence-corrected chi connectivity index (χ1v) is 9.21. The second kappa shape index (κ2) is 7.24. The molecule has 2 rings (SSSR count). The van der Waals surface area contributed by atoms with Gasteiger partial charge in [-0.15, -0.1) is 0 Å². The summed E-state index contributed by atoms with van der Waals surface area (Å²) in [6.45, 7) is 0. The van der Waals surface area contributed by atoms with E-state index in [-0.39, 0.29) is 16.8 Å². The Kier molecular flexibility index (Phi) is 5.58. The minimum absolute atomic E-state index is 0.0751. The highest BCUT2D eigenvalue weighted by atomic mass is 32.2. The van der Waals surface area contributed by atoms with Crippen molar-refractivity contribution >= 4 is 15.9 Å². The molecule has 1 aromatic rings. The van der Waals surface area contributed by atoms with Crippen molar-refractivity contribution in [3.63, 3.8) is 0 Å². The highest BCUT2D eigenvalue weighted by molar-refractivity contribution is 7.89. The second-order valence-corrected chi connectivity index (χ2v) is 7.77. The third kappa shape index (κ3) is 3.67. The van der Waals surface area contributed by atoms with Crippen molar-refractivity contribution in [1.29, 1.82) is 0 Å². The van der Waals surface area contributed by atoms with Gasteiger partial charge < -0.3 is 5.32 Å². The lowest BCUT2D eigenvalue weighted by Gasteiger charge is -2.26. The molecule has 22 heavy (non-hydrogen) atoms. The lowest BCUT2D eigenvalue weighted by Crippen LogP contribution is -2.36. The molecule has 1 N–H and O–H groups in total. The number of carbonyl (C=O) groups excluding carboxylic acids is 1. The van der Waals surface area contributed by atoms with Gasteiger partial charge >= 0.3 is 0 Å². The van der Waals surface area contributed by atoms with E-state index in [4.69, 9.17) is 0 Å². The fourth-order valence-electron chi connectivity index (χ4n) is 2.91. The van der Waals surface area contributed by atoms with Gasteiger partial charge in [-0.1, -0.05) is 25.7 Å². The molecular weight excluding hydrogens is 300 g/mol. The van der Waals surface area contributed by atoms with Crippen LogP contribution in [0.4, 0.5) is 0 Å². The molecule has 0 unspecified atom stereocenters. The van der Waals surface area contributed by atoms with Crippen molar-refractivity contribution in [1.82, 2.24) is 9.62 Å². The minimum atomic E-state index is -3.50. The lowest BCUT2D eigenvalue weighted by atomic mass is 10.1. The molecule has 122 valence electrons. The van der Waals surface area contributed by atoms with Crippen LogP contribution in [0.2, 0.25) is 0 Å². The molecule has 0 radical (unpaired) electrons. The first kappa shape index (κ1) is 17.0. The Labute approximate surface area is 132 Å². The Hall–Kier alpha value is -1.40. The van der Waals surface area contributed by atoms with Crippen LogP contribution in [0, 0.1) is 0 Å². The molecule has 0 heterocycles. The number of amides is 1. The van der Waals surface area contributed by atoms with Gasteiger partial charge in [-0.25, -0.2) is 8.42 Å². The zero-order chi connectivity index (χ0) is 16.2. The minimum Gasteiger partial charge on any atom is -0.355 e. The number of carbonyl (C=O) groups is 1. The van der Waals surface area contributed by atoms with E-state index >= 15 is 0 Å². The molecule has 0 atom stereocenters. The van der Waals surface area contributed by atoms with E-state index in [9.17, 15) is 13.2 Å². The third-order valence-electron chi connectivity index (χ3n) is 4.36. The largest absolute Gasteiger partial charge is 0.355 e. The molecule has 0 aliphatic heterocycles. The molecule has 5 nitrogen and oxygen atoms in total. The summed E-state index contributed by atoms with van der Waals surface area (Å²) in [6.07, 6.45) is 6.38. The predicted molar refractivity (Wildman–Crippen MR) is 86.3 cm³/mol. The Morgan fingerprint density at radius 1 is 1.09 bits per heavy atom. The molecule has 0 aromatic heterocycles. The zero-order valence-electron chi connectivity index (χ0n) is 13.2. The van der Waals surface area contributed by atoms with Gasteiger partial charge in [0.15, 0.2) is 0 Å². The fraction of sp³-hybridized carbons (Fsp3) is 0.562. The van der Waals surface area contributed by atoms with E-state index in [0.29, 0.717) is 5.56 Å². The van der Waals surface area contributed by atoms with Gasteiger partial charge in [-0.3, -0.25) is 4.79 Å². The summed E-state index contributed by atoms with van der Waals surface area (Å²) in [5, 5.41) is 2.52. The van der Waals surface area contributed by atoms with Gasteiger partial charge in [0.2, 0.25) is 10.0 Å². The van der Waals surface area contributed by atoms with Gasteiger partial charge in [0.05, 0.1) is 4.90 Å². The summed E-state index contributed by atoms with van der Waals surface area (Å²) >= 11 is 0. The lowest BCUT2D eigenvalue weighted by molar-refractivity contribution is 0.0963. The first-order valence-electron chi connectivity index (χ1n) is 7.77. The smallest absolute Gasteiger partial charge is 0.251 e. The van der Waals surface area contributed by atoms with Crippen LogP contribution in [0.5, 0.6) is 0 Å². The maximum absolute atomic E-state index is 12.7. The van der Waals surface area contributed by atoms with E-state index < -0.39 is 10.0 Å². The van der Waals surface area contributed by atoms with Gasteiger partial charge in [0, 0.05) is 25.7 Å². The molecule has 1 aliphatic carbocycles. The average molecular weight is 324 g/mol. The Morgan fingerprint density at radius 3 is 2.14 bits per heavy atom. The van der Waals surface area contributed by atoms with Crippen molar-refractivity contribution in [3.8, 4) is 0 Å². The third-order valence-corrected chi connectivity index (χ3v) is 6.28. The van der Waals surface area contributed by atoms with Crippen LogP contribution in [0.25, 0.3) is 0 Å². The van der Waals surface area contributed by atoms with Crippen molar-refractivity contribution in [2.45, 2.75) is 49.5 Å². The van der Waals surface area contributed by atoms with Crippen LogP contribution in [0.3, 0.4) is 0 Å². The van der Waals surface area contributed by atoms with E-state index in [1.54, 1.807) is 26.2 Å². The summed E-state index contributed by atoms with van der Waals surface area (Å²) in [5.74, 6) is -0.221. The van der Waals surface area contributed by atoms with Crippen LogP contribution in [-0.4, -0.2) is 38.8 Å². The van der Waals surface area contributed by atoms with Crippen molar-refractivity contribution < 1.29 is 13.2 Å². The molecular formula is C16H24N2O3S. The van der Waals surface area contributed by atoms with Crippen molar-refractivity contribution in [3.05, 3.63) is 29.8 Å². The summed E-state index contributed by atoms with van der Waals surface area (Å²) in [6, 6.07) is 6.19. The quantitative estimate of drug-likeness (QED) is 0.865. The number of sulfonamides is 1. The van der Waals surface area contributed by atoms with E-state index in [2.05, 4.69) is 5.32 Å². The van der Waals surface area contributed by atoms with E-state index in [1.807, 2.05) is 0 Å². The molecule has 1 saturated carbocycles.